The van der Waals surface area contributed by atoms with Crippen LogP contribution in [0.25, 0.3) is 0 Å². The highest BCUT2D eigenvalue weighted by atomic mass is 32.2. The van der Waals surface area contributed by atoms with E-state index in [1.54, 1.807) is 6.26 Å². The molecule has 1 aliphatic carbocycles. The Bertz CT molecular complexity index is 473. The summed E-state index contributed by atoms with van der Waals surface area (Å²) in [7, 11) is 0. The lowest BCUT2D eigenvalue weighted by atomic mass is 9.83. The average Bonchev–Trinajstić information content (AvgIpc) is 2.99. The molecular weight excluding hydrogens is 272 g/mol. The number of nitrogens with zero attached hydrogens (tertiary/aromatic N) is 1. The Hall–Kier alpha value is -1.41. The molecule has 1 aromatic rings. The largest absolute Gasteiger partial charge is 0.468 e. The SMILES string of the molecule is C[C@@H](SCc1ccco1)C(=O)NC1(C#N)CCCCC1. The molecule has 5 heteroatoms. The third-order valence-corrected chi connectivity index (χ3v) is 4.87. The Labute approximate surface area is 123 Å². The van der Waals surface area contributed by atoms with Crippen LogP contribution in [-0.4, -0.2) is 16.7 Å². The highest BCUT2D eigenvalue weighted by molar-refractivity contribution is 7.99. The van der Waals surface area contributed by atoms with E-state index in [4.69, 9.17) is 4.42 Å². The smallest absolute Gasteiger partial charge is 0.234 e. The summed E-state index contributed by atoms with van der Waals surface area (Å²) in [4.78, 5) is 12.2. The van der Waals surface area contributed by atoms with Gasteiger partial charge < -0.3 is 9.73 Å². The summed E-state index contributed by atoms with van der Waals surface area (Å²) >= 11 is 1.52. The van der Waals surface area contributed by atoms with Crippen LogP contribution in [0.15, 0.2) is 22.8 Å². The van der Waals surface area contributed by atoms with Gasteiger partial charge in [0.25, 0.3) is 0 Å². The molecule has 0 aromatic carbocycles. The quantitative estimate of drug-likeness (QED) is 0.904. The predicted octanol–water partition coefficient (Wildman–Crippen LogP) is 3.24. The molecule has 1 atom stereocenters. The van der Waals surface area contributed by atoms with Crippen LogP contribution in [0, 0.1) is 11.3 Å². The third-order valence-electron chi connectivity index (χ3n) is 3.71. The standard InChI is InChI=1S/C15H20N2O2S/c1-12(20-10-13-6-5-9-19-13)14(18)17-15(11-16)7-3-2-4-8-15/h5-6,9,12H,2-4,7-8,10H2,1H3,(H,17,18)/t12-/m1/s1. The second-order valence-corrected chi connectivity index (χ2v) is 6.61. The minimum atomic E-state index is -0.644. The van der Waals surface area contributed by atoms with E-state index in [0.717, 1.165) is 37.9 Å². The number of thioether (sulfide) groups is 1. The van der Waals surface area contributed by atoms with Crippen LogP contribution in [0.5, 0.6) is 0 Å². The molecule has 1 aromatic heterocycles. The van der Waals surface area contributed by atoms with Crippen molar-refractivity contribution in [3.63, 3.8) is 0 Å². The lowest BCUT2D eigenvalue weighted by Crippen LogP contribution is -2.50. The van der Waals surface area contributed by atoms with E-state index < -0.39 is 5.54 Å². The zero-order valence-corrected chi connectivity index (χ0v) is 12.5. The van der Waals surface area contributed by atoms with Crippen molar-refractivity contribution in [3.8, 4) is 6.07 Å². The molecule has 0 aliphatic heterocycles. The highest BCUT2D eigenvalue weighted by Gasteiger charge is 2.34. The number of amides is 1. The predicted molar refractivity (Wildman–Crippen MR) is 79.0 cm³/mol. The maximum Gasteiger partial charge on any atom is 0.234 e. The van der Waals surface area contributed by atoms with E-state index >= 15 is 0 Å². The minimum Gasteiger partial charge on any atom is -0.468 e. The molecular formula is C15H20N2O2S. The van der Waals surface area contributed by atoms with Crippen LogP contribution >= 0.6 is 11.8 Å². The van der Waals surface area contributed by atoms with Crippen molar-refractivity contribution in [3.05, 3.63) is 24.2 Å². The van der Waals surface area contributed by atoms with Gasteiger partial charge in [0, 0.05) is 0 Å². The van der Waals surface area contributed by atoms with Gasteiger partial charge in [0.2, 0.25) is 5.91 Å². The van der Waals surface area contributed by atoms with Crippen molar-refractivity contribution in [2.24, 2.45) is 0 Å². The molecule has 1 heterocycles. The molecule has 0 bridgehead atoms. The van der Waals surface area contributed by atoms with Crippen molar-refractivity contribution < 1.29 is 9.21 Å². The van der Waals surface area contributed by atoms with Crippen molar-refractivity contribution in [1.29, 1.82) is 5.26 Å². The lowest BCUT2D eigenvalue weighted by Gasteiger charge is -2.32. The first kappa shape index (κ1) is 15.0. The van der Waals surface area contributed by atoms with E-state index in [9.17, 15) is 10.1 Å². The van der Waals surface area contributed by atoms with Crippen molar-refractivity contribution in [2.45, 2.75) is 55.6 Å². The molecule has 0 saturated heterocycles. The number of hydrogen-bond donors (Lipinski definition) is 1. The summed E-state index contributed by atoms with van der Waals surface area (Å²) in [6, 6.07) is 6.05. The van der Waals surface area contributed by atoms with Gasteiger partial charge in [-0.1, -0.05) is 19.3 Å². The summed E-state index contributed by atoms with van der Waals surface area (Å²) in [5.74, 6) is 1.48. The summed E-state index contributed by atoms with van der Waals surface area (Å²) in [6.45, 7) is 1.87. The average molecular weight is 292 g/mol. The number of nitriles is 1. The lowest BCUT2D eigenvalue weighted by molar-refractivity contribution is -0.121. The Morgan fingerprint density at radius 1 is 1.55 bits per heavy atom. The number of rotatable bonds is 5. The summed E-state index contributed by atoms with van der Waals surface area (Å²) in [5.41, 5.74) is -0.644. The number of nitrogens with one attached hydrogen (secondary N) is 1. The zero-order chi connectivity index (χ0) is 14.4. The number of carbonyl (C=O) groups excluding carboxylic acids is 1. The highest BCUT2D eigenvalue weighted by Crippen LogP contribution is 2.28. The molecule has 108 valence electrons. The van der Waals surface area contributed by atoms with Crippen LogP contribution < -0.4 is 5.32 Å². The maximum atomic E-state index is 12.2. The first-order valence-corrected chi connectivity index (χ1v) is 8.07. The van der Waals surface area contributed by atoms with Gasteiger partial charge in [0.05, 0.1) is 23.3 Å². The topological polar surface area (TPSA) is 66.0 Å². The first-order valence-electron chi connectivity index (χ1n) is 7.02. The van der Waals surface area contributed by atoms with Crippen LogP contribution in [0.4, 0.5) is 0 Å². The van der Waals surface area contributed by atoms with E-state index in [1.165, 1.54) is 11.8 Å². The molecule has 20 heavy (non-hydrogen) atoms. The fourth-order valence-electron chi connectivity index (χ4n) is 2.44. The second kappa shape index (κ2) is 6.85. The number of hydrogen-bond acceptors (Lipinski definition) is 4. The normalized spacial score (nSPS) is 19.0. The van der Waals surface area contributed by atoms with Gasteiger partial charge in [0.15, 0.2) is 0 Å². The molecule has 0 radical (unpaired) electrons. The van der Waals surface area contributed by atoms with Crippen molar-refractivity contribution in [1.82, 2.24) is 5.32 Å². The summed E-state index contributed by atoms with van der Waals surface area (Å²) < 4.78 is 5.25. The van der Waals surface area contributed by atoms with Crippen LogP contribution in [0.2, 0.25) is 0 Å². The van der Waals surface area contributed by atoms with Gasteiger partial charge in [-0.3, -0.25) is 4.79 Å². The zero-order valence-electron chi connectivity index (χ0n) is 11.7. The fourth-order valence-corrected chi connectivity index (χ4v) is 3.22. The summed E-state index contributed by atoms with van der Waals surface area (Å²) in [6.07, 6.45) is 6.36. The fraction of sp³-hybridized carbons (Fsp3) is 0.600. The van der Waals surface area contributed by atoms with E-state index in [-0.39, 0.29) is 11.2 Å². The van der Waals surface area contributed by atoms with Gasteiger partial charge in [-0.05, 0) is 31.9 Å². The van der Waals surface area contributed by atoms with E-state index in [1.807, 2.05) is 19.1 Å². The van der Waals surface area contributed by atoms with Crippen LogP contribution in [-0.2, 0) is 10.5 Å². The molecule has 0 unspecified atom stereocenters. The van der Waals surface area contributed by atoms with Crippen molar-refractivity contribution in [2.75, 3.05) is 0 Å². The molecule has 1 amide bonds. The van der Waals surface area contributed by atoms with Gasteiger partial charge in [0.1, 0.15) is 11.3 Å². The Morgan fingerprint density at radius 2 is 2.30 bits per heavy atom. The van der Waals surface area contributed by atoms with Gasteiger partial charge >= 0.3 is 0 Å². The second-order valence-electron chi connectivity index (χ2n) is 5.28. The van der Waals surface area contributed by atoms with Crippen molar-refractivity contribution >= 4 is 17.7 Å². The molecule has 1 aliphatic rings. The van der Waals surface area contributed by atoms with E-state index in [0.29, 0.717) is 5.75 Å². The minimum absolute atomic E-state index is 0.0509. The van der Waals surface area contributed by atoms with E-state index in [2.05, 4.69) is 11.4 Å². The molecule has 4 nitrogen and oxygen atoms in total. The molecule has 1 saturated carbocycles. The van der Waals surface area contributed by atoms with Crippen LogP contribution in [0.3, 0.4) is 0 Å². The Kier molecular flexibility index (Phi) is 5.13. The van der Waals surface area contributed by atoms with Gasteiger partial charge in [-0.2, -0.15) is 5.26 Å². The number of carbonyl (C=O) groups is 1. The molecule has 1 N–H and O–H groups in total. The van der Waals surface area contributed by atoms with Gasteiger partial charge in [-0.15, -0.1) is 11.8 Å². The Morgan fingerprint density at radius 3 is 2.90 bits per heavy atom. The molecule has 0 spiro atoms. The molecule has 1 fully saturated rings. The first-order chi connectivity index (χ1) is 9.65. The maximum absolute atomic E-state index is 12.2. The number of furan rings is 1. The molecule has 2 rings (SSSR count). The Balaban J connectivity index is 1.85. The third kappa shape index (κ3) is 3.80. The van der Waals surface area contributed by atoms with Crippen LogP contribution in [0.1, 0.15) is 44.8 Å². The summed E-state index contributed by atoms with van der Waals surface area (Å²) in [5, 5.41) is 12.1. The van der Waals surface area contributed by atoms with Gasteiger partial charge in [-0.25, -0.2) is 0 Å². The monoisotopic (exact) mass is 292 g/mol.